The van der Waals surface area contributed by atoms with Gasteiger partial charge in [0.1, 0.15) is 0 Å². The number of carbonyl (C=O) groups is 2. The molecule has 2 nitrogen and oxygen atoms in total. The summed E-state index contributed by atoms with van der Waals surface area (Å²) in [5.74, 6) is 1.46. The number of fused-ring (bicyclic) bond motifs is 5. The monoisotopic (exact) mass is 174 g/mol. The van der Waals surface area contributed by atoms with E-state index in [2.05, 4.69) is 12.2 Å². The van der Waals surface area contributed by atoms with Crippen molar-refractivity contribution in [2.75, 3.05) is 0 Å². The minimum absolute atomic E-state index is 0.0804. The second-order valence-electron chi connectivity index (χ2n) is 4.16. The first kappa shape index (κ1) is 7.25. The van der Waals surface area contributed by atoms with Crippen LogP contribution in [0.15, 0.2) is 23.8 Å². The van der Waals surface area contributed by atoms with Crippen LogP contribution in [0.3, 0.4) is 0 Å². The van der Waals surface area contributed by atoms with Crippen molar-refractivity contribution in [2.45, 2.75) is 6.42 Å². The zero-order chi connectivity index (χ0) is 9.00. The molecular formula is C11H10O2. The lowest BCUT2D eigenvalue weighted by Gasteiger charge is -2.17. The van der Waals surface area contributed by atoms with Gasteiger partial charge in [-0.15, -0.1) is 0 Å². The largest absolute Gasteiger partial charge is 0.298 e. The number of hydrogen-bond donors (Lipinski definition) is 0. The third-order valence-electron chi connectivity index (χ3n) is 3.61. The number of hydrogen-bond acceptors (Lipinski definition) is 2. The molecule has 3 aliphatic rings. The molecule has 2 bridgehead atoms. The molecule has 13 heavy (non-hydrogen) atoms. The SMILES string of the molecule is O=CC1=C[C@@H]2[C@H](C1=O)[C@@H]1C=C[C@H]2C1. The molecular weight excluding hydrogens is 164 g/mol. The summed E-state index contributed by atoms with van der Waals surface area (Å²) < 4.78 is 0. The van der Waals surface area contributed by atoms with Gasteiger partial charge in [-0.25, -0.2) is 0 Å². The van der Waals surface area contributed by atoms with E-state index in [1.807, 2.05) is 6.08 Å². The van der Waals surface area contributed by atoms with Crippen LogP contribution in [0.1, 0.15) is 6.42 Å². The molecule has 0 radical (unpaired) electrons. The van der Waals surface area contributed by atoms with Crippen LogP contribution in [0.5, 0.6) is 0 Å². The maximum absolute atomic E-state index is 11.7. The average molecular weight is 174 g/mol. The van der Waals surface area contributed by atoms with Gasteiger partial charge in [0.25, 0.3) is 0 Å². The van der Waals surface area contributed by atoms with Gasteiger partial charge in [0.15, 0.2) is 12.1 Å². The van der Waals surface area contributed by atoms with E-state index in [0.717, 1.165) is 6.42 Å². The van der Waals surface area contributed by atoms with E-state index in [1.54, 1.807) is 0 Å². The highest BCUT2D eigenvalue weighted by molar-refractivity contribution is 6.15. The number of carbonyl (C=O) groups excluding carboxylic acids is 2. The van der Waals surface area contributed by atoms with Gasteiger partial charge in [-0.1, -0.05) is 18.2 Å². The van der Waals surface area contributed by atoms with Crippen molar-refractivity contribution in [3.63, 3.8) is 0 Å². The van der Waals surface area contributed by atoms with Gasteiger partial charge in [0, 0.05) is 5.92 Å². The van der Waals surface area contributed by atoms with E-state index in [0.29, 0.717) is 29.6 Å². The summed E-state index contributed by atoms with van der Waals surface area (Å²) in [6.45, 7) is 0. The third kappa shape index (κ3) is 0.736. The van der Waals surface area contributed by atoms with Crippen molar-refractivity contribution < 1.29 is 9.59 Å². The summed E-state index contributed by atoms with van der Waals surface area (Å²) in [4.78, 5) is 22.2. The van der Waals surface area contributed by atoms with E-state index in [9.17, 15) is 9.59 Å². The molecule has 66 valence electrons. The predicted octanol–water partition coefficient (Wildman–Crippen LogP) is 1.13. The molecule has 0 amide bonds. The molecule has 0 spiro atoms. The average Bonchev–Trinajstić information content (AvgIpc) is 2.76. The second-order valence-corrected chi connectivity index (χ2v) is 4.16. The maximum Gasteiger partial charge on any atom is 0.170 e. The van der Waals surface area contributed by atoms with E-state index >= 15 is 0 Å². The van der Waals surface area contributed by atoms with E-state index in [1.165, 1.54) is 0 Å². The van der Waals surface area contributed by atoms with Crippen LogP contribution >= 0.6 is 0 Å². The maximum atomic E-state index is 11.7. The lowest BCUT2D eigenvalue weighted by molar-refractivity contribution is -0.121. The lowest BCUT2D eigenvalue weighted by Crippen LogP contribution is -2.21. The molecule has 1 saturated carbocycles. The van der Waals surface area contributed by atoms with Crippen LogP contribution in [0.25, 0.3) is 0 Å². The summed E-state index contributed by atoms with van der Waals surface area (Å²) in [5, 5.41) is 0. The number of Topliss-reactive ketones (excluding diaryl/α,β-unsaturated/α-hetero) is 1. The quantitative estimate of drug-likeness (QED) is 0.339. The Labute approximate surface area is 76.3 Å². The Morgan fingerprint density at radius 2 is 2.08 bits per heavy atom. The molecule has 0 saturated heterocycles. The van der Waals surface area contributed by atoms with Crippen LogP contribution in [0, 0.1) is 23.7 Å². The number of rotatable bonds is 1. The highest BCUT2D eigenvalue weighted by atomic mass is 16.1. The molecule has 0 N–H and O–H groups in total. The summed E-state index contributed by atoms with van der Waals surface area (Å²) in [6.07, 6.45) is 8.05. The second kappa shape index (κ2) is 2.19. The Hall–Kier alpha value is -1.18. The first-order chi connectivity index (χ1) is 6.31. The van der Waals surface area contributed by atoms with Crippen LogP contribution in [0.4, 0.5) is 0 Å². The molecule has 3 rings (SSSR count). The van der Waals surface area contributed by atoms with Gasteiger partial charge in [-0.2, -0.15) is 0 Å². The van der Waals surface area contributed by atoms with Gasteiger partial charge in [-0.3, -0.25) is 9.59 Å². The minimum atomic E-state index is 0.0804. The standard InChI is InChI=1S/C11H10O2/c12-5-8-4-9-6-1-2-7(3-6)10(9)11(8)13/h1-2,4-7,9-10H,3H2/t6-,7+,9-,10+/m0/s1. The fourth-order valence-corrected chi connectivity index (χ4v) is 3.04. The minimum Gasteiger partial charge on any atom is -0.298 e. The Morgan fingerprint density at radius 1 is 1.31 bits per heavy atom. The van der Waals surface area contributed by atoms with E-state index in [4.69, 9.17) is 0 Å². The van der Waals surface area contributed by atoms with Crippen LogP contribution < -0.4 is 0 Å². The molecule has 2 heteroatoms. The van der Waals surface area contributed by atoms with Crippen molar-refractivity contribution in [3.8, 4) is 0 Å². The zero-order valence-corrected chi connectivity index (χ0v) is 7.14. The van der Waals surface area contributed by atoms with Gasteiger partial charge < -0.3 is 0 Å². The molecule has 1 fully saturated rings. The molecule has 0 aromatic carbocycles. The van der Waals surface area contributed by atoms with E-state index < -0.39 is 0 Å². The molecule has 0 aromatic heterocycles. The topological polar surface area (TPSA) is 34.1 Å². The van der Waals surface area contributed by atoms with Crippen molar-refractivity contribution in [1.82, 2.24) is 0 Å². The van der Waals surface area contributed by atoms with Crippen molar-refractivity contribution >= 4 is 12.1 Å². The van der Waals surface area contributed by atoms with Gasteiger partial charge >= 0.3 is 0 Å². The van der Waals surface area contributed by atoms with Gasteiger partial charge in [0.2, 0.25) is 0 Å². The molecule has 0 heterocycles. The lowest BCUT2D eigenvalue weighted by atomic mass is 9.85. The van der Waals surface area contributed by atoms with E-state index in [-0.39, 0.29) is 11.7 Å². The molecule has 0 aromatic rings. The van der Waals surface area contributed by atoms with Crippen LogP contribution in [-0.2, 0) is 9.59 Å². The van der Waals surface area contributed by atoms with Crippen LogP contribution in [0.2, 0.25) is 0 Å². The summed E-state index contributed by atoms with van der Waals surface area (Å²) >= 11 is 0. The number of ketones is 1. The fraction of sp³-hybridized carbons (Fsp3) is 0.455. The summed E-state index contributed by atoms with van der Waals surface area (Å²) in [5.41, 5.74) is 0.411. The van der Waals surface area contributed by atoms with Crippen LogP contribution in [-0.4, -0.2) is 12.1 Å². The number of aldehydes is 1. The molecule has 4 atom stereocenters. The molecule has 0 aliphatic heterocycles. The Kier molecular flexibility index (Phi) is 1.22. The van der Waals surface area contributed by atoms with Gasteiger partial charge in [-0.05, 0) is 24.2 Å². The number of allylic oxidation sites excluding steroid dienone is 4. The summed E-state index contributed by atoms with van der Waals surface area (Å²) in [7, 11) is 0. The van der Waals surface area contributed by atoms with Crippen molar-refractivity contribution in [3.05, 3.63) is 23.8 Å². The smallest absolute Gasteiger partial charge is 0.170 e. The molecule has 3 aliphatic carbocycles. The first-order valence-corrected chi connectivity index (χ1v) is 4.71. The normalized spacial score (nSPS) is 45.2. The highest BCUT2D eigenvalue weighted by Gasteiger charge is 2.50. The van der Waals surface area contributed by atoms with Gasteiger partial charge in [0.05, 0.1) is 5.57 Å². The van der Waals surface area contributed by atoms with Crippen molar-refractivity contribution in [2.24, 2.45) is 23.7 Å². The zero-order valence-electron chi connectivity index (χ0n) is 7.14. The third-order valence-corrected chi connectivity index (χ3v) is 3.61. The summed E-state index contributed by atoms with van der Waals surface area (Å²) in [6, 6.07) is 0. The predicted molar refractivity (Wildman–Crippen MR) is 46.9 cm³/mol. The Balaban J connectivity index is 2.04. The Bertz CT molecular complexity index is 351. The highest BCUT2D eigenvalue weighted by Crippen LogP contribution is 2.52. The Morgan fingerprint density at radius 3 is 2.77 bits per heavy atom. The first-order valence-electron chi connectivity index (χ1n) is 4.71. The fourth-order valence-electron chi connectivity index (χ4n) is 3.04. The molecule has 0 unspecified atom stereocenters. The van der Waals surface area contributed by atoms with Crippen molar-refractivity contribution in [1.29, 1.82) is 0 Å².